The number of hydrogen-bond donors (Lipinski definition) is 1. The summed E-state index contributed by atoms with van der Waals surface area (Å²) in [5.41, 5.74) is -0.264. The molecule has 0 unspecified atom stereocenters. The molecule has 0 aliphatic carbocycles. The van der Waals surface area contributed by atoms with Gasteiger partial charge >= 0.3 is 0 Å². The Morgan fingerprint density at radius 2 is 2.10 bits per heavy atom. The van der Waals surface area contributed by atoms with Crippen LogP contribution in [0.5, 0.6) is 0 Å². The Morgan fingerprint density at radius 1 is 1.48 bits per heavy atom. The van der Waals surface area contributed by atoms with Gasteiger partial charge in [0.2, 0.25) is 10.0 Å². The van der Waals surface area contributed by atoms with Crippen molar-refractivity contribution in [3.05, 3.63) is 28.5 Å². The van der Waals surface area contributed by atoms with Crippen LogP contribution in [0.3, 0.4) is 0 Å². The first-order valence-electron chi connectivity index (χ1n) is 6.03. The van der Waals surface area contributed by atoms with Crippen molar-refractivity contribution in [3.8, 4) is 0 Å². The van der Waals surface area contributed by atoms with Gasteiger partial charge in [-0.15, -0.1) is 0 Å². The first-order valence-corrected chi connectivity index (χ1v) is 7.96. The zero-order valence-electron chi connectivity index (χ0n) is 11.6. The zero-order chi connectivity index (χ0) is 16.2. The van der Waals surface area contributed by atoms with E-state index in [-0.39, 0.29) is 12.1 Å². The van der Waals surface area contributed by atoms with Gasteiger partial charge in [0.05, 0.1) is 22.1 Å². The SMILES string of the molecule is CCOCCN(C)C(=O)c1cc(S(N)(=O)=O)cc(F)c1Cl. The molecule has 1 aromatic carbocycles. The molecule has 6 nitrogen and oxygen atoms in total. The van der Waals surface area contributed by atoms with Crippen molar-refractivity contribution in [2.45, 2.75) is 11.8 Å². The Kier molecular flexibility index (Phi) is 6.09. The van der Waals surface area contributed by atoms with Crippen molar-refractivity contribution in [2.75, 3.05) is 26.8 Å². The number of benzene rings is 1. The van der Waals surface area contributed by atoms with Crippen molar-refractivity contribution in [1.29, 1.82) is 0 Å². The molecule has 0 heterocycles. The van der Waals surface area contributed by atoms with E-state index in [0.717, 1.165) is 6.07 Å². The summed E-state index contributed by atoms with van der Waals surface area (Å²) in [5.74, 6) is -1.64. The fraction of sp³-hybridized carbons (Fsp3) is 0.417. The molecule has 0 atom stereocenters. The van der Waals surface area contributed by atoms with Crippen LogP contribution in [0, 0.1) is 5.82 Å². The van der Waals surface area contributed by atoms with Crippen LogP contribution in [-0.2, 0) is 14.8 Å². The summed E-state index contributed by atoms with van der Waals surface area (Å²) in [7, 11) is -2.67. The van der Waals surface area contributed by atoms with Gasteiger partial charge in [0.1, 0.15) is 5.82 Å². The van der Waals surface area contributed by atoms with Crippen molar-refractivity contribution in [3.63, 3.8) is 0 Å². The standard InChI is InChI=1S/C12H16ClFN2O4S/c1-3-20-5-4-16(2)12(17)9-6-8(21(15,18)19)7-10(14)11(9)13/h6-7H,3-5H2,1-2H3,(H2,15,18,19). The Hall–Kier alpha value is -1.22. The lowest BCUT2D eigenvalue weighted by Gasteiger charge is -2.18. The molecule has 2 N–H and O–H groups in total. The molecular formula is C12H16ClFN2O4S. The molecule has 1 amide bonds. The Morgan fingerprint density at radius 3 is 2.62 bits per heavy atom. The fourth-order valence-corrected chi connectivity index (χ4v) is 2.28. The van der Waals surface area contributed by atoms with Gasteiger partial charge < -0.3 is 9.64 Å². The second-order valence-electron chi connectivity index (χ2n) is 4.24. The molecule has 0 bridgehead atoms. The first kappa shape index (κ1) is 17.8. The smallest absolute Gasteiger partial charge is 0.255 e. The maximum atomic E-state index is 13.7. The number of primary sulfonamides is 1. The Balaban J connectivity index is 3.11. The quantitative estimate of drug-likeness (QED) is 0.790. The van der Waals surface area contributed by atoms with E-state index in [4.69, 9.17) is 21.5 Å². The van der Waals surface area contributed by atoms with Crippen LogP contribution in [0.15, 0.2) is 17.0 Å². The molecule has 9 heteroatoms. The van der Waals surface area contributed by atoms with E-state index in [9.17, 15) is 17.6 Å². The summed E-state index contributed by atoms with van der Waals surface area (Å²) >= 11 is 5.73. The molecule has 0 aliphatic heterocycles. The normalized spacial score (nSPS) is 11.5. The summed E-state index contributed by atoms with van der Waals surface area (Å²) in [6.07, 6.45) is 0. The van der Waals surface area contributed by atoms with E-state index in [1.165, 1.54) is 11.9 Å². The van der Waals surface area contributed by atoms with Crippen LogP contribution in [0.4, 0.5) is 4.39 Å². The average Bonchev–Trinajstić information content (AvgIpc) is 2.39. The lowest BCUT2D eigenvalue weighted by Crippen LogP contribution is -2.30. The molecule has 0 saturated carbocycles. The summed E-state index contributed by atoms with van der Waals surface area (Å²) in [5, 5.41) is 4.49. The van der Waals surface area contributed by atoms with Gasteiger partial charge in [0.25, 0.3) is 5.91 Å². The molecule has 21 heavy (non-hydrogen) atoms. The largest absolute Gasteiger partial charge is 0.380 e. The number of ether oxygens (including phenoxy) is 1. The minimum absolute atomic E-state index is 0.254. The highest BCUT2D eigenvalue weighted by Gasteiger charge is 2.22. The van der Waals surface area contributed by atoms with E-state index in [2.05, 4.69) is 0 Å². The number of amides is 1. The van der Waals surface area contributed by atoms with Gasteiger partial charge in [0.15, 0.2) is 0 Å². The predicted octanol–water partition coefficient (Wildman–Crippen LogP) is 1.24. The number of nitrogens with zero attached hydrogens (tertiary/aromatic N) is 1. The van der Waals surface area contributed by atoms with Gasteiger partial charge in [-0.25, -0.2) is 17.9 Å². The van der Waals surface area contributed by atoms with Crippen molar-refractivity contribution < 1.29 is 22.3 Å². The molecule has 0 radical (unpaired) electrons. The minimum Gasteiger partial charge on any atom is -0.380 e. The van der Waals surface area contributed by atoms with Gasteiger partial charge in [-0.3, -0.25) is 4.79 Å². The molecule has 1 rings (SSSR count). The number of carbonyl (C=O) groups is 1. The molecule has 1 aromatic rings. The highest BCUT2D eigenvalue weighted by atomic mass is 35.5. The number of halogens is 2. The van der Waals surface area contributed by atoms with E-state index >= 15 is 0 Å². The third-order valence-corrected chi connectivity index (χ3v) is 3.96. The van der Waals surface area contributed by atoms with Crippen LogP contribution in [0.2, 0.25) is 5.02 Å². The number of likely N-dealkylation sites (N-methyl/N-ethyl adjacent to an activating group) is 1. The third kappa shape index (κ3) is 4.63. The topological polar surface area (TPSA) is 89.7 Å². The van der Waals surface area contributed by atoms with Crippen LogP contribution < -0.4 is 5.14 Å². The molecule has 118 valence electrons. The second-order valence-corrected chi connectivity index (χ2v) is 6.17. The van der Waals surface area contributed by atoms with E-state index in [0.29, 0.717) is 19.3 Å². The minimum atomic E-state index is -4.14. The van der Waals surface area contributed by atoms with E-state index in [1.54, 1.807) is 0 Å². The summed E-state index contributed by atoms with van der Waals surface area (Å²) < 4.78 is 41.3. The number of rotatable bonds is 6. The molecular weight excluding hydrogens is 323 g/mol. The maximum absolute atomic E-state index is 13.7. The molecule has 0 aromatic heterocycles. The molecule has 0 spiro atoms. The second kappa shape index (κ2) is 7.17. The number of carbonyl (C=O) groups excluding carboxylic acids is 1. The fourth-order valence-electron chi connectivity index (χ4n) is 1.54. The van der Waals surface area contributed by atoms with Gasteiger partial charge in [-0.1, -0.05) is 11.6 Å². The van der Waals surface area contributed by atoms with Crippen LogP contribution >= 0.6 is 11.6 Å². The van der Waals surface area contributed by atoms with Crippen molar-refractivity contribution in [2.24, 2.45) is 5.14 Å². The van der Waals surface area contributed by atoms with Crippen molar-refractivity contribution in [1.82, 2.24) is 4.90 Å². The number of nitrogens with two attached hydrogens (primary N) is 1. The lowest BCUT2D eigenvalue weighted by atomic mass is 10.2. The summed E-state index contributed by atoms with van der Waals surface area (Å²) in [6.45, 7) is 2.86. The summed E-state index contributed by atoms with van der Waals surface area (Å²) in [6, 6.07) is 1.63. The Labute approximate surface area is 127 Å². The van der Waals surface area contributed by atoms with Gasteiger partial charge in [-0.2, -0.15) is 0 Å². The third-order valence-electron chi connectivity index (χ3n) is 2.68. The molecule has 0 fully saturated rings. The predicted molar refractivity (Wildman–Crippen MR) is 76.2 cm³/mol. The Bertz CT molecular complexity index is 636. The highest BCUT2D eigenvalue weighted by molar-refractivity contribution is 7.89. The van der Waals surface area contributed by atoms with E-state index in [1.807, 2.05) is 6.92 Å². The summed E-state index contributed by atoms with van der Waals surface area (Å²) in [4.78, 5) is 12.9. The van der Waals surface area contributed by atoms with Gasteiger partial charge in [-0.05, 0) is 19.1 Å². The highest BCUT2D eigenvalue weighted by Crippen LogP contribution is 2.25. The number of hydrogen-bond acceptors (Lipinski definition) is 4. The monoisotopic (exact) mass is 338 g/mol. The van der Waals surface area contributed by atoms with Crippen LogP contribution in [0.25, 0.3) is 0 Å². The number of sulfonamides is 1. The van der Waals surface area contributed by atoms with Crippen molar-refractivity contribution >= 4 is 27.5 Å². The molecule has 0 aliphatic rings. The molecule has 0 saturated heterocycles. The van der Waals surface area contributed by atoms with E-state index < -0.39 is 31.7 Å². The van der Waals surface area contributed by atoms with Crippen LogP contribution in [-0.4, -0.2) is 46.0 Å². The lowest BCUT2D eigenvalue weighted by molar-refractivity contribution is 0.0709. The zero-order valence-corrected chi connectivity index (χ0v) is 13.2. The maximum Gasteiger partial charge on any atom is 0.255 e. The van der Waals surface area contributed by atoms with Crippen LogP contribution in [0.1, 0.15) is 17.3 Å². The van der Waals surface area contributed by atoms with Gasteiger partial charge in [0, 0.05) is 20.2 Å². The first-order chi connectivity index (χ1) is 9.68. The average molecular weight is 339 g/mol.